The first-order chi connectivity index (χ1) is 7.68. The maximum atomic E-state index is 11.3. The van der Waals surface area contributed by atoms with Crippen LogP contribution in [-0.4, -0.2) is 11.1 Å². The van der Waals surface area contributed by atoms with Crippen LogP contribution in [0.5, 0.6) is 0 Å². The van der Waals surface area contributed by atoms with Gasteiger partial charge in [-0.15, -0.1) is 5.92 Å². The molecule has 1 N–H and O–H groups in total. The van der Waals surface area contributed by atoms with Gasteiger partial charge in [-0.3, -0.25) is 4.79 Å². The average molecular weight is 212 g/mol. The molecule has 1 atom stereocenters. The van der Waals surface area contributed by atoms with Gasteiger partial charge in [0, 0.05) is 6.42 Å². The number of hydrogen-bond donors (Lipinski definition) is 1. The monoisotopic (exact) mass is 212 g/mol. The molecule has 2 heteroatoms. The Hall–Kier alpha value is -2.01. The third-order valence-corrected chi connectivity index (χ3v) is 2.80. The molecule has 0 saturated carbocycles. The maximum Gasteiger partial charge on any atom is 0.326 e. The van der Waals surface area contributed by atoms with E-state index in [1.807, 2.05) is 30.3 Å². The Kier molecular flexibility index (Phi) is 2.54. The van der Waals surface area contributed by atoms with Crippen LogP contribution in [0.2, 0.25) is 0 Å². The molecule has 16 heavy (non-hydrogen) atoms. The van der Waals surface area contributed by atoms with Crippen LogP contribution in [0.25, 0.3) is 6.08 Å². The Labute approximate surface area is 94.6 Å². The van der Waals surface area contributed by atoms with Crippen molar-refractivity contribution in [1.29, 1.82) is 0 Å². The first-order valence-electron chi connectivity index (χ1n) is 5.12. The predicted octanol–water partition coefficient (Wildman–Crippen LogP) is 2.35. The van der Waals surface area contributed by atoms with Gasteiger partial charge >= 0.3 is 5.97 Å². The van der Waals surface area contributed by atoms with E-state index in [4.69, 9.17) is 0 Å². The van der Waals surface area contributed by atoms with Crippen molar-refractivity contribution < 1.29 is 9.90 Å². The summed E-state index contributed by atoms with van der Waals surface area (Å²) in [4.78, 5) is 11.3. The lowest BCUT2D eigenvalue weighted by Gasteiger charge is -2.24. The van der Waals surface area contributed by atoms with Crippen LogP contribution in [0, 0.1) is 17.3 Å². The fourth-order valence-corrected chi connectivity index (χ4v) is 1.96. The van der Waals surface area contributed by atoms with Gasteiger partial charge in [0.25, 0.3) is 0 Å². The molecular weight excluding hydrogens is 200 g/mol. The molecule has 80 valence electrons. The Morgan fingerprint density at radius 3 is 2.88 bits per heavy atom. The van der Waals surface area contributed by atoms with Crippen LogP contribution >= 0.6 is 0 Å². The van der Waals surface area contributed by atoms with E-state index in [1.165, 1.54) is 0 Å². The molecule has 0 amide bonds. The molecule has 1 aliphatic carbocycles. The normalized spacial score (nSPS) is 21.8. The fourth-order valence-electron chi connectivity index (χ4n) is 1.96. The van der Waals surface area contributed by atoms with Crippen LogP contribution in [0.3, 0.4) is 0 Å². The van der Waals surface area contributed by atoms with Gasteiger partial charge in [-0.05, 0) is 18.1 Å². The van der Waals surface area contributed by atoms with Gasteiger partial charge in [-0.1, -0.05) is 42.3 Å². The van der Waals surface area contributed by atoms with E-state index in [2.05, 4.69) is 11.8 Å². The standard InChI is InChI=1S/C14H12O2/c1-2-8-14(13(15)16)9-7-11-5-3-4-6-12(11)10-14/h3-7,9H,10H2,1H3,(H,15,16). The molecule has 0 heterocycles. The van der Waals surface area contributed by atoms with Crippen LogP contribution < -0.4 is 0 Å². The second-order valence-electron chi connectivity index (χ2n) is 3.86. The van der Waals surface area contributed by atoms with Crippen molar-refractivity contribution in [3.8, 4) is 11.8 Å². The molecule has 2 rings (SSSR count). The van der Waals surface area contributed by atoms with Crippen molar-refractivity contribution in [3.63, 3.8) is 0 Å². The third-order valence-electron chi connectivity index (χ3n) is 2.80. The highest BCUT2D eigenvalue weighted by molar-refractivity contribution is 5.85. The van der Waals surface area contributed by atoms with Crippen LogP contribution in [0.4, 0.5) is 0 Å². The number of rotatable bonds is 1. The Bertz CT molecular complexity index is 517. The summed E-state index contributed by atoms with van der Waals surface area (Å²) >= 11 is 0. The first-order valence-corrected chi connectivity index (χ1v) is 5.12. The first kappa shape index (κ1) is 10.5. The smallest absolute Gasteiger partial charge is 0.326 e. The molecule has 0 aromatic heterocycles. The van der Waals surface area contributed by atoms with Crippen LogP contribution in [-0.2, 0) is 11.2 Å². The van der Waals surface area contributed by atoms with Gasteiger partial charge in [-0.25, -0.2) is 0 Å². The van der Waals surface area contributed by atoms with Crippen molar-refractivity contribution in [2.24, 2.45) is 5.41 Å². The summed E-state index contributed by atoms with van der Waals surface area (Å²) in [6, 6.07) is 7.80. The van der Waals surface area contributed by atoms with Crippen molar-refractivity contribution in [2.75, 3.05) is 0 Å². The average Bonchev–Trinajstić information content (AvgIpc) is 2.29. The molecule has 0 fully saturated rings. The summed E-state index contributed by atoms with van der Waals surface area (Å²) in [5.41, 5.74) is 1.07. The van der Waals surface area contributed by atoms with Crippen molar-refractivity contribution >= 4 is 12.0 Å². The van der Waals surface area contributed by atoms with Crippen molar-refractivity contribution in [2.45, 2.75) is 13.3 Å². The highest BCUT2D eigenvalue weighted by atomic mass is 16.4. The van der Waals surface area contributed by atoms with Gasteiger partial charge in [0.15, 0.2) is 5.41 Å². The second kappa shape index (κ2) is 3.86. The number of carbonyl (C=O) groups is 1. The van der Waals surface area contributed by atoms with Crippen molar-refractivity contribution in [3.05, 3.63) is 41.5 Å². The van der Waals surface area contributed by atoms with Gasteiger partial charge in [0.2, 0.25) is 0 Å². The molecule has 1 aromatic rings. The molecule has 0 aliphatic heterocycles. The minimum atomic E-state index is -1.05. The molecule has 1 unspecified atom stereocenters. The molecule has 0 radical (unpaired) electrons. The number of benzene rings is 1. The van der Waals surface area contributed by atoms with E-state index in [0.717, 1.165) is 11.1 Å². The Morgan fingerprint density at radius 1 is 1.44 bits per heavy atom. The van der Waals surface area contributed by atoms with Gasteiger partial charge in [0.1, 0.15) is 0 Å². The zero-order valence-corrected chi connectivity index (χ0v) is 9.03. The summed E-state index contributed by atoms with van der Waals surface area (Å²) in [6.07, 6.45) is 3.97. The van der Waals surface area contributed by atoms with Crippen LogP contribution in [0.1, 0.15) is 18.1 Å². The number of fused-ring (bicyclic) bond motifs is 1. The number of hydrogen-bond acceptors (Lipinski definition) is 1. The lowest BCUT2D eigenvalue weighted by molar-refractivity contribution is -0.143. The number of carboxylic acids is 1. The van der Waals surface area contributed by atoms with E-state index in [0.29, 0.717) is 6.42 Å². The number of carboxylic acid groups (broad SMARTS) is 1. The van der Waals surface area contributed by atoms with E-state index >= 15 is 0 Å². The molecule has 2 nitrogen and oxygen atoms in total. The maximum absolute atomic E-state index is 11.3. The van der Waals surface area contributed by atoms with Gasteiger partial charge in [0.05, 0.1) is 0 Å². The SMILES string of the molecule is CC#CC1(C(=O)O)C=Cc2ccccc2C1. The van der Waals surface area contributed by atoms with E-state index in [1.54, 1.807) is 13.0 Å². The van der Waals surface area contributed by atoms with Gasteiger partial charge in [-0.2, -0.15) is 0 Å². The lowest BCUT2D eigenvalue weighted by atomic mass is 9.77. The molecular formula is C14H12O2. The topological polar surface area (TPSA) is 37.3 Å². The Balaban J connectivity index is 2.50. The van der Waals surface area contributed by atoms with E-state index < -0.39 is 11.4 Å². The Morgan fingerprint density at radius 2 is 2.19 bits per heavy atom. The third kappa shape index (κ3) is 1.61. The summed E-state index contributed by atoms with van der Waals surface area (Å²) in [5.74, 6) is 4.63. The summed E-state index contributed by atoms with van der Waals surface area (Å²) in [6.45, 7) is 1.67. The summed E-state index contributed by atoms with van der Waals surface area (Å²) in [5, 5.41) is 9.29. The van der Waals surface area contributed by atoms with E-state index in [9.17, 15) is 9.90 Å². The molecule has 0 bridgehead atoms. The van der Waals surface area contributed by atoms with E-state index in [-0.39, 0.29) is 0 Å². The quantitative estimate of drug-likeness (QED) is 0.725. The second-order valence-corrected chi connectivity index (χ2v) is 3.86. The lowest BCUT2D eigenvalue weighted by Crippen LogP contribution is -2.31. The highest BCUT2D eigenvalue weighted by Gasteiger charge is 2.36. The zero-order valence-electron chi connectivity index (χ0n) is 9.03. The molecule has 0 spiro atoms. The zero-order chi connectivity index (χ0) is 11.6. The summed E-state index contributed by atoms with van der Waals surface area (Å²) in [7, 11) is 0. The minimum absolute atomic E-state index is 0.440. The highest BCUT2D eigenvalue weighted by Crippen LogP contribution is 2.32. The molecule has 1 aromatic carbocycles. The van der Waals surface area contributed by atoms with Crippen LogP contribution in [0.15, 0.2) is 30.3 Å². The van der Waals surface area contributed by atoms with Crippen molar-refractivity contribution in [1.82, 2.24) is 0 Å². The largest absolute Gasteiger partial charge is 0.480 e. The number of aliphatic carboxylic acids is 1. The molecule has 0 saturated heterocycles. The summed E-state index contributed by atoms with van der Waals surface area (Å²) < 4.78 is 0. The molecule has 1 aliphatic rings. The predicted molar refractivity (Wildman–Crippen MR) is 62.7 cm³/mol. The van der Waals surface area contributed by atoms with Gasteiger partial charge < -0.3 is 5.11 Å². The fraction of sp³-hybridized carbons (Fsp3) is 0.214. The minimum Gasteiger partial charge on any atom is -0.480 e.